The number of hydrogen-bond acceptors (Lipinski definition) is 5. The van der Waals surface area contributed by atoms with Crippen LogP contribution in [0.2, 0.25) is 5.02 Å². The van der Waals surface area contributed by atoms with Crippen molar-refractivity contribution in [3.8, 4) is 5.75 Å². The van der Waals surface area contributed by atoms with Gasteiger partial charge in [0.15, 0.2) is 18.1 Å². The second-order valence-corrected chi connectivity index (χ2v) is 7.62. The summed E-state index contributed by atoms with van der Waals surface area (Å²) in [5, 5.41) is 10.7. The number of piperidine rings is 1. The lowest BCUT2D eigenvalue weighted by Gasteiger charge is -2.28. The fraction of sp³-hybridized carbons (Fsp3) is 0.450. The van der Waals surface area contributed by atoms with Crippen LogP contribution in [0.5, 0.6) is 5.75 Å². The molecule has 1 amide bonds. The summed E-state index contributed by atoms with van der Waals surface area (Å²) in [6, 6.07) is 7.94. The highest BCUT2D eigenvalue weighted by molar-refractivity contribution is 6.34. The van der Waals surface area contributed by atoms with Crippen LogP contribution in [-0.4, -0.2) is 52.0 Å². The molecule has 29 heavy (non-hydrogen) atoms. The third-order valence-electron chi connectivity index (χ3n) is 5.05. The minimum absolute atomic E-state index is 0.0223. The Hall–Kier alpha value is -2.74. The van der Waals surface area contributed by atoms with Gasteiger partial charge >= 0.3 is 0 Å². The molecule has 9 heteroatoms. The second-order valence-electron chi connectivity index (χ2n) is 7.24. The van der Waals surface area contributed by atoms with Gasteiger partial charge in [-0.15, -0.1) is 5.10 Å². The quantitative estimate of drug-likeness (QED) is 0.618. The number of H-pyrrole nitrogens is 1. The van der Waals surface area contributed by atoms with E-state index in [9.17, 15) is 4.79 Å². The van der Waals surface area contributed by atoms with Crippen molar-refractivity contribution in [2.75, 3.05) is 31.1 Å². The molecule has 0 spiro atoms. The molecule has 2 N–H and O–H groups in total. The minimum atomic E-state index is -0.177. The number of aromatic amines is 1. The Bertz CT molecular complexity index is 975. The van der Waals surface area contributed by atoms with Crippen LogP contribution in [0.3, 0.4) is 0 Å². The number of fused-ring (bicyclic) bond motifs is 1. The van der Waals surface area contributed by atoms with Crippen molar-refractivity contribution >= 4 is 28.8 Å². The van der Waals surface area contributed by atoms with Crippen LogP contribution in [0.1, 0.15) is 30.8 Å². The number of benzene rings is 1. The predicted molar refractivity (Wildman–Crippen MR) is 112 cm³/mol. The number of halogens is 1. The smallest absolute Gasteiger partial charge is 0.257 e. The Labute approximate surface area is 174 Å². The molecule has 1 saturated heterocycles. The van der Waals surface area contributed by atoms with E-state index < -0.39 is 0 Å². The van der Waals surface area contributed by atoms with E-state index in [-0.39, 0.29) is 12.5 Å². The Morgan fingerprint density at radius 1 is 1.24 bits per heavy atom. The largest absolute Gasteiger partial charge is 0.484 e. The molecule has 0 saturated carbocycles. The van der Waals surface area contributed by atoms with Crippen LogP contribution in [0.4, 0.5) is 5.69 Å². The Morgan fingerprint density at radius 2 is 2.00 bits per heavy atom. The second kappa shape index (κ2) is 8.73. The molecule has 8 nitrogen and oxygen atoms in total. The summed E-state index contributed by atoms with van der Waals surface area (Å²) in [6.07, 6.45) is 4.32. The predicted octanol–water partition coefficient (Wildman–Crippen LogP) is 2.75. The fourth-order valence-electron chi connectivity index (χ4n) is 3.48. The summed E-state index contributed by atoms with van der Waals surface area (Å²) in [5.74, 6) is 1.13. The fourth-order valence-corrected chi connectivity index (χ4v) is 3.64. The average Bonchev–Trinajstić information content (AvgIpc) is 3.26. The number of amides is 1. The molecule has 0 aliphatic carbocycles. The molecule has 2 aromatic heterocycles. The maximum Gasteiger partial charge on any atom is 0.257 e. The molecule has 1 aromatic carbocycles. The van der Waals surface area contributed by atoms with Crippen molar-refractivity contribution in [3.63, 3.8) is 0 Å². The normalized spacial score (nSPS) is 14.3. The number of rotatable bonds is 7. The molecule has 1 fully saturated rings. The maximum absolute atomic E-state index is 12.0. The third-order valence-corrected chi connectivity index (χ3v) is 5.50. The minimum Gasteiger partial charge on any atom is -0.484 e. The van der Waals surface area contributed by atoms with E-state index in [1.165, 1.54) is 24.9 Å². The van der Waals surface area contributed by atoms with Gasteiger partial charge in [0.25, 0.3) is 5.91 Å². The molecule has 0 radical (unpaired) electrons. The van der Waals surface area contributed by atoms with E-state index in [0.717, 1.165) is 18.8 Å². The first-order chi connectivity index (χ1) is 14.1. The number of carbonyl (C=O) groups is 1. The summed E-state index contributed by atoms with van der Waals surface area (Å²) in [4.78, 5) is 18.8. The average molecular weight is 417 g/mol. The van der Waals surface area contributed by atoms with Gasteiger partial charge in [-0.2, -0.15) is 4.63 Å². The van der Waals surface area contributed by atoms with Gasteiger partial charge < -0.3 is 15.0 Å². The highest BCUT2D eigenvalue weighted by atomic mass is 35.5. The molecule has 0 unspecified atom stereocenters. The van der Waals surface area contributed by atoms with E-state index in [0.29, 0.717) is 35.2 Å². The van der Waals surface area contributed by atoms with Crippen molar-refractivity contribution in [2.24, 2.45) is 0 Å². The van der Waals surface area contributed by atoms with E-state index >= 15 is 0 Å². The zero-order valence-corrected chi connectivity index (χ0v) is 17.2. The number of ether oxygens (including phenoxy) is 1. The highest BCUT2D eigenvalue weighted by Crippen LogP contribution is 2.22. The topological polar surface area (TPSA) is 87.5 Å². The number of aryl methyl sites for hydroxylation is 1. The molecule has 0 atom stereocenters. The standard InChI is InChI=1S/C20H25ClN6O2/c1-14-19(21)20-23-17(25-27(20)24-14)9-10-22-18(28)13-29-16-7-5-15(6-8-16)26-11-3-2-4-12-26/h5-8,24H,2-4,9-13H2,1H3,(H,22,28). The SMILES string of the molecule is Cc1[nH]n2nc(CCNC(=O)COc3ccc(N4CCCCC4)cc3)nc2c1Cl. The van der Waals surface area contributed by atoms with Crippen molar-refractivity contribution in [1.82, 2.24) is 25.1 Å². The summed E-state index contributed by atoms with van der Waals surface area (Å²) in [5.41, 5.74) is 2.63. The number of carbonyl (C=O) groups excluding carboxylic acids is 1. The Morgan fingerprint density at radius 3 is 2.72 bits per heavy atom. The molecular weight excluding hydrogens is 392 g/mol. The summed E-state index contributed by atoms with van der Waals surface area (Å²) < 4.78 is 7.14. The number of nitrogens with one attached hydrogen (secondary N) is 2. The Balaban J connectivity index is 1.20. The lowest BCUT2D eigenvalue weighted by Crippen LogP contribution is -2.31. The zero-order chi connectivity index (χ0) is 20.2. The lowest BCUT2D eigenvalue weighted by atomic mass is 10.1. The van der Waals surface area contributed by atoms with Crippen molar-refractivity contribution in [3.05, 3.63) is 40.8 Å². The van der Waals surface area contributed by atoms with Gasteiger partial charge in [0.05, 0.1) is 5.69 Å². The number of anilines is 1. The van der Waals surface area contributed by atoms with Gasteiger partial charge in [-0.25, -0.2) is 4.98 Å². The van der Waals surface area contributed by atoms with Gasteiger partial charge in [0.1, 0.15) is 10.8 Å². The van der Waals surface area contributed by atoms with Crippen LogP contribution in [0.25, 0.3) is 5.65 Å². The molecule has 1 aliphatic heterocycles. The van der Waals surface area contributed by atoms with Gasteiger partial charge in [-0.05, 0) is 50.5 Å². The number of aromatic nitrogens is 4. The van der Waals surface area contributed by atoms with Crippen LogP contribution >= 0.6 is 11.6 Å². The maximum atomic E-state index is 12.0. The first-order valence-corrected chi connectivity index (χ1v) is 10.3. The third kappa shape index (κ3) is 4.64. The molecule has 1 aliphatic rings. The lowest BCUT2D eigenvalue weighted by molar-refractivity contribution is -0.123. The Kier molecular flexibility index (Phi) is 5.89. The highest BCUT2D eigenvalue weighted by Gasteiger charge is 2.13. The molecule has 3 aromatic rings. The summed E-state index contributed by atoms with van der Waals surface area (Å²) in [7, 11) is 0. The van der Waals surface area contributed by atoms with Crippen molar-refractivity contribution in [2.45, 2.75) is 32.6 Å². The monoisotopic (exact) mass is 416 g/mol. The van der Waals surface area contributed by atoms with Gasteiger partial charge in [0, 0.05) is 31.7 Å². The molecule has 4 rings (SSSR count). The van der Waals surface area contributed by atoms with Crippen LogP contribution in [0, 0.1) is 6.92 Å². The van der Waals surface area contributed by atoms with Crippen molar-refractivity contribution < 1.29 is 9.53 Å². The van der Waals surface area contributed by atoms with E-state index in [4.69, 9.17) is 16.3 Å². The molecule has 3 heterocycles. The van der Waals surface area contributed by atoms with Crippen LogP contribution < -0.4 is 15.0 Å². The van der Waals surface area contributed by atoms with Gasteiger partial charge in [-0.3, -0.25) is 9.89 Å². The first kappa shape index (κ1) is 19.6. The van der Waals surface area contributed by atoms with E-state index in [1.807, 2.05) is 19.1 Å². The van der Waals surface area contributed by atoms with E-state index in [2.05, 4.69) is 37.5 Å². The zero-order valence-electron chi connectivity index (χ0n) is 16.4. The first-order valence-electron chi connectivity index (χ1n) is 9.94. The summed E-state index contributed by atoms with van der Waals surface area (Å²) in [6.45, 7) is 4.48. The number of hydrogen-bond donors (Lipinski definition) is 2. The van der Waals surface area contributed by atoms with Crippen molar-refractivity contribution in [1.29, 1.82) is 0 Å². The summed E-state index contributed by atoms with van der Waals surface area (Å²) >= 11 is 6.15. The van der Waals surface area contributed by atoms with Gasteiger partial charge in [-0.1, -0.05) is 11.6 Å². The molecule has 0 bridgehead atoms. The van der Waals surface area contributed by atoms with Gasteiger partial charge in [0.2, 0.25) is 0 Å². The molecule has 154 valence electrons. The van der Waals surface area contributed by atoms with E-state index in [1.54, 1.807) is 4.63 Å². The van der Waals surface area contributed by atoms with Crippen LogP contribution in [0.15, 0.2) is 24.3 Å². The molecular formula is C20H25ClN6O2. The number of nitrogens with zero attached hydrogens (tertiary/aromatic N) is 4. The van der Waals surface area contributed by atoms with Crippen LogP contribution in [-0.2, 0) is 11.2 Å².